The zero-order chi connectivity index (χ0) is 31.2. The van der Waals surface area contributed by atoms with Crippen molar-refractivity contribution >= 4 is 42.2 Å². The van der Waals surface area contributed by atoms with Gasteiger partial charge >= 0.3 is 0 Å². The van der Waals surface area contributed by atoms with Crippen molar-refractivity contribution in [3.8, 4) is 0 Å². The third-order valence-corrected chi connectivity index (χ3v) is 17.5. The second-order valence-electron chi connectivity index (χ2n) is 16.6. The first-order valence-electron chi connectivity index (χ1n) is 15.8. The molecule has 1 fully saturated rings. The van der Waals surface area contributed by atoms with Crippen molar-refractivity contribution in [1.29, 1.82) is 0 Å². The van der Waals surface area contributed by atoms with Crippen molar-refractivity contribution < 1.29 is 13.9 Å². The predicted octanol–water partition coefficient (Wildman–Crippen LogP) is 9.84. The second-order valence-corrected chi connectivity index (χ2v) is 23.9. The molecule has 1 aliphatic carbocycles. The highest BCUT2D eigenvalue weighted by molar-refractivity contribution is 14.1. The third-order valence-electron chi connectivity index (χ3n) is 10.00. The molecular formula is C34H53IN2O3SSi. The summed E-state index contributed by atoms with van der Waals surface area (Å²) in [4.78, 5) is 12.1. The molecule has 8 heteroatoms. The van der Waals surface area contributed by atoms with E-state index in [4.69, 9.17) is 23.9 Å². The lowest BCUT2D eigenvalue weighted by atomic mass is 9.70. The third kappa shape index (κ3) is 5.61. The summed E-state index contributed by atoms with van der Waals surface area (Å²) in [6, 6.07) is 0. The van der Waals surface area contributed by atoms with Gasteiger partial charge in [-0.15, -0.1) is 11.3 Å². The van der Waals surface area contributed by atoms with E-state index in [1.54, 1.807) is 0 Å². The molecule has 1 spiro atoms. The topological polar surface area (TPSA) is 53.5 Å². The molecule has 42 heavy (non-hydrogen) atoms. The van der Waals surface area contributed by atoms with Crippen LogP contribution in [-0.4, -0.2) is 35.4 Å². The summed E-state index contributed by atoms with van der Waals surface area (Å²) in [6.45, 7) is 31.5. The molecule has 0 amide bonds. The van der Waals surface area contributed by atoms with Gasteiger partial charge in [-0.2, -0.15) is 0 Å². The summed E-state index contributed by atoms with van der Waals surface area (Å²) in [5, 5.41) is 1.18. The van der Waals surface area contributed by atoms with Gasteiger partial charge < -0.3 is 13.9 Å². The zero-order valence-electron chi connectivity index (χ0n) is 28.3. The largest absolute Gasteiger partial charge is 0.410 e. The van der Waals surface area contributed by atoms with Gasteiger partial charge in [0.1, 0.15) is 16.7 Å². The minimum Gasteiger partial charge on any atom is -0.410 e. The molecule has 0 aromatic carbocycles. The number of ether oxygens (including phenoxy) is 2. The van der Waals surface area contributed by atoms with E-state index in [9.17, 15) is 0 Å². The number of pyridine rings is 1. The molecule has 4 atom stereocenters. The van der Waals surface area contributed by atoms with E-state index in [1.165, 1.54) is 33.0 Å². The summed E-state index contributed by atoms with van der Waals surface area (Å²) in [5.74, 6) is 0.269. The Morgan fingerprint density at radius 1 is 1.07 bits per heavy atom. The lowest BCUT2D eigenvalue weighted by Crippen LogP contribution is -2.47. The highest BCUT2D eigenvalue weighted by Crippen LogP contribution is 2.60. The van der Waals surface area contributed by atoms with Crippen molar-refractivity contribution in [1.82, 2.24) is 9.97 Å². The quantitative estimate of drug-likeness (QED) is 0.179. The van der Waals surface area contributed by atoms with E-state index in [1.807, 2.05) is 11.3 Å². The van der Waals surface area contributed by atoms with Gasteiger partial charge in [0.2, 0.25) is 0 Å². The number of fused-ring (bicyclic) bond motifs is 4. The Kier molecular flexibility index (Phi) is 8.52. The van der Waals surface area contributed by atoms with Crippen LogP contribution in [0.3, 0.4) is 0 Å². The molecule has 0 saturated carbocycles. The maximum absolute atomic E-state index is 7.47. The van der Waals surface area contributed by atoms with Gasteiger partial charge in [-0.25, -0.2) is 4.98 Å². The van der Waals surface area contributed by atoms with Crippen molar-refractivity contribution in [3.63, 3.8) is 0 Å². The Morgan fingerprint density at radius 2 is 1.74 bits per heavy atom. The molecule has 0 N–H and O–H groups in total. The van der Waals surface area contributed by atoms with E-state index in [2.05, 4.69) is 112 Å². The minimum absolute atomic E-state index is 0.000871. The van der Waals surface area contributed by atoms with E-state index in [0.29, 0.717) is 13.2 Å². The van der Waals surface area contributed by atoms with Crippen LogP contribution in [0.2, 0.25) is 18.1 Å². The molecule has 4 heterocycles. The normalized spacial score (nSPS) is 27.9. The Hall–Kier alpha value is -0.393. The number of hydrogen-bond acceptors (Lipinski definition) is 6. The van der Waals surface area contributed by atoms with Crippen LogP contribution >= 0.6 is 33.9 Å². The van der Waals surface area contributed by atoms with Gasteiger partial charge in [0.05, 0.1) is 22.3 Å². The molecule has 2 aromatic rings. The lowest BCUT2D eigenvalue weighted by Gasteiger charge is -2.47. The number of thiazole rings is 1. The van der Waals surface area contributed by atoms with Crippen molar-refractivity contribution in [2.45, 2.75) is 147 Å². The fourth-order valence-corrected chi connectivity index (χ4v) is 10.4. The Balaban J connectivity index is 1.82. The monoisotopic (exact) mass is 724 g/mol. The summed E-state index contributed by atoms with van der Waals surface area (Å²) in [6.07, 6.45) is 2.57. The fraction of sp³-hybridized carbons (Fsp3) is 0.765. The maximum atomic E-state index is 7.47. The summed E-state index contributed by atoms with van der Waals surface area (Å²) in [5.41, 5.74) is 7.17. The van der Waals surface area contributed by atoms with Crippen LogP contribution in [-0.2, 0) is 31.3 Å². The smallest absolute Gasteiger partial charge is 0.192 e. The van der Waals surface area contributed by atoms with E-state index >= 15 is 0 Å². The fourth-order valence-electron chi connectivity index (χ4n) is 6.93. The molecule has 234 valence electrons. The molecule has 1 saturated heterocycles. The summed E-state index contributed by atoms with van der Waals surface area (Å²) in [7, 11) is -2.08. The molecule has 0 radical (unpaired) electrons. The van der Waals surface area contributed by atoms with Crippen molar-refractivity contribution in [2.24, 2.45) is 5.41 Å². The minimum atomic E-state index is -2.08. The van der Waals surface area contributed by atoms with Crippen LogP contribution in [0.5, 0.6) is 0 Å². The molecule has 5 nitrogen and oxygen atoms in total. The van der Waals surface area contributed by atoms with Crippen LogP contribution in [0.4, 0.5) is 0 Å². The van der Waals surface area contributed by atoms with Gasteiger partial charge in [-0.3, -0.25) is 4.98 Å². The molecule has 2 unspecified atom stereocenters. The molecule has 0 bridgehead atoms. The highest BCUT2D eigenvalue weighted by atomic mass is 127. The number of aromatic nitrogens is 2. The first-order chi connectivity index (χ1) is 19.2. The van der Waals surface area contributed by atoms with Crippen LogP contribution in [0, 0.1) is 12.3 Å². The summed E-state index contributed by atoms with van der Waals surface area (Å²) < 4.78 is 21.1. The van der Waals surface area contributed by atoms with Crippen LogP contribution in [0.1, 0.15) is 144 Å². The van der Waals surface area contributed by atoms with Crippen LogP contribution < -0.4 is 0 Å². The van der Waals surface area contributed by atoms with E-state index in [-0.39, 0.29) is 37.9 Å². The molecule has 3 aliphatic rings. The van der Waals surface area contributed by atoms with Gasteiger partial charge in [0.15, 0.2) is 8.32 Å². The lowest BCUT2D eigenvalue weighted by molar-refractivity contribution is -0.113. The number of halogens is 1. The molecule has 2 aliphatic heterocycles. The molecule has 5 rings (SSSR count). The zero-order valence-corrected chi connectivity index (χ0v) is 32.2. The van der Waals surface area contributed by atoms with Gasteiger partial charge in [-0.05, 0) is 54.6 Å². The molecular weight excluding hydrogens is 671 g/mol. The molecule has 2 aromatic heterocycles. The van der Waals surface area contributed by atoms with Crippen LogP contribution in [0.25, 0.3) is 0 Å². The number of alkyl halides is 1. The first kappa shape index (κ1) is 33.0. The van der Waals surface area contributed by atoms with Gasteiger partial charge in [-0.1, -0.05) is 91.8 Å². The first-order valence-corrected chi connectivity index (χ1v) is 20.8. The highest BCUT2D eigenvalue weighted by Gasteiger charge is 2.57. The van der Waals surface area contributed by atoms with Gasteiger partial charge in [0.25, 0.3) is 0 Å². The Bertz CT molecular complexity index is 1360. The standard InChI is InChI=1S/C34H53IN2O3SSi/c1-19(2)27-25-26(24-21(37-27)16-33(10,11)17-22(24)40-42(12,13)32(7,8)9)34(14-15-38-18-23(34)35)39-28(25)30-36-20(3)29(41-30)31(4,5)6/h19,22-23,28H,14-18H2,1-13H3/t22-,23?,28-,34?/m0/s1. The van der Waals surface area contributed by atoms with Crippen molar-refractivity contribution in [3.05, 3.63) is 43.7 Å². The van der Waals surface area contributed by atoms with E-state index < -0.39 is 13.9 Å². The number of nitrogens with zero attached hydrogens (tertiary/aromatic N) is 2. The van der Waals surface area contributed by atoms with Crippen molar-refractivity contribution in [2.75, 3.05) is 13.2 Å². The number of aryl methyl sites for hydroxylation is 1. The van der Waals surface area contributed by atoms with E-state index in [0.717, 1.165) is 30.0 Å². The SMILES string of the molecule is Cc1nc([C@H]2OC3(CCOCC3I)c3c2c(C(C)C)nc2c3[C@@H](O[Si](C)(C)C(C)(C)C)CC(C)(C)C2)sc1C(C)(C)C. The average Bonchev–Trinajstić information content (AvgIpc) is 3.38. The second kappa shape index (κ2) is 10.9. The number of hydrogen-bond donors (Lipinski definition) is 0. The Morgan fingerprint density at radius 3 is 2.29 bits per heavy atom. The predicted molar refractivity (Wildman–Crippen MR) is 185 cm³/mol. The van der Waals surface area contributed by atoms with Gasteiger partial charge in [0, 0.05) is 46.0 Å². The van der Waals surface area contributed by atoms with Crippen LogP contribution in [0.15, 0.2) is 0 Å². The number of rotatable bonds is 4. The Labute approximate surface area is 273 Å². The maximum Gasteiger partial charge on any atom is 0.192 e. The average molecular weight is 725 g/mol. The summed E-state index contributed by atoms with van der Waals surface area (Å²) >= 11 is 4.43.